The molecule has 2 rings (SSSR count). The molecule has 3 nitrogen and oxygen atoms in total. The van der Waals surface area contributed by atoms with Crippen molar-refractivity contribution in [3.63, 3.8) is 0 Å². The molecule has 0 saturated carbocycles. The maximum Gasteiger partial charge on any atom is 0.315 e. The van der Waals surface area contributed by atoms with Crippen LogP contribution in [0, 0.1) is 0 Å². The van der Waals surface area contributed by atoms with Gasteiger partial charge in [0.05, 0.1) is 18.4 Å². The summed E-state index contributed by atoms with van der Waals surface area (Å²) in [6.45, 7) is 0. The van der Waals surface area contributed by atoms with Gasteiger partial charge in [-0.05, 0) is 12.1 Å². The largest absolute Gasteiger partial charge is 0.468 e. The molecule has 0 N–H and O–H groups in total. The minimum absolute atomic E-state index is 0.224. The van der Waals surface area contributed by atoms with Gasteiger partial charge in [0.2, 0.25) is 0 Å². The van der Waals surface area contributed by atoms with Crippen LogP contribution in [-0.2, 0) is 9.53 Å². The number of pyridine rings is 1. The molecule has 1 aromatic carbocycles. The third-order valence-corrected chi connectivity index (χ3v) is 3.19. The monoisotopic (exact) mass is 233 g/mol. The van der Waals surface area contributed by atoms with Crippen LogP contribution in [-0.4, -0.2) is 23.8 Å². The fourth-order valence-electron chi connectivity index (χ4n) is 1.39. The van der Waals surface area contributed by atoms with E-state index in [4.69, 9.17) is 0 Å². The molecule has 1 heterocycles. The predicted octanol–water partition coefficient (Wildman–Crippen LogP) is 2.50. The first-order valence-corrected chi connectivity index (χ1v) is 5.83. The molecule has 0 amide bonds. The second-order valence-corrected chi connectivity index (χ2v) is 4.21. The van der Waals surface area contributed by atoms with Crippen molar-refractivity contribution in [1.29, 1.82) is 0 Å². The van der Waals surface area contributed by atoms with Gasteiger partial charge in [0.15, 0.2) is 0 Å². The molecule has 2 aromatic rings. The number of nitrogens with zero attached hydrogens (tertiary/aromatic N) is 1. The van der Waals surface area contributed by atoms with Gasteiger partial charge < -0.3 is 4.74 Å². The number of methoxy groups -OCH3 is 1. The van der Waals surface area contributed by atoms with Gasteiger partial charge in [0.1, 0.15) is 0 Å². The molecule has 1 aromatic heterocycles. The van der Waals surface area contributed by atoms with Gasteiger partial charge in [-0.15, -0.1) is 11.8 Å². The molecule has 0 aliphatic heterocycles. The van der Waals surface area contributed by atoms with Crippen molar-refractivity contribution >= 4 is 28.6 Å². The first-order chi connectivity index (χ1) is 7.81. The highest BCUT2D eigenvalue weighted by atomic mass is 32.2. The smallest absolute Gasteiger partial charge is 0.315 e. The minimum Gasteiger partial charge on any atom is -0.468 e. The summed E-state index contributed by atoms with van der Waals surface area (Å²) in [7, 11) is 1.39. The number of fused-ring (bicyclic) bond motifs is 1. The number of carbonyl (C=O) groups excluding carboxylic acids is 1. The standard InChI is InChI=1S/C12H11NO2S/c1-15-11(14)8-16-10-6-2-4-9-5-3-7-13-12(9)10/h2-7H,8H2,1H3. The van der Waals surface area contributed by atoms with Crippen molar-refractivity contribution < 1.29 is 9.53 Å². The lowest BCUT2D eigenvalue weighted by atomic mass is 10.2. The molecular weight excluding hydrogens is 222 g/mol. The van der Waals surface area contributed by atoms with Crippen molar-refractivity contribution in [2.24, 2.45) is 0 Å². The maximum atomic E-state index is 11.1. The topological polar surface area (TPSA) is 39.2 Å². The molecule has 0 atom stereocenters. The van der Waals surface area contributed by atoms with E-state index in [1.807, 2.05) is 30.3 Å². The van der Waals surface area contributed by atoms with Crippen LogP contribution in [0.25, 0.3) is 10.9 Å². The van der Waals surface area contributed by atoms with Gasteiger partial charge in [-0.3, -0.25) is 9.78 Å². The quantitative estimate of drug-likeness (QED) is 0.603. The van der Waals surface area contributed by atoms with Crippen molar-refractivity contribution in [1.82, 2.24) is 4.98 Å². The van der Waals surface area contributed by atoms with Crippen molar-refractivity contribution in [3.05, 3.63) is 36.5 Å². The van der Waals surface area contributed by atoms with Crippen LogP contribution >= 0.6 is 11.8 Å². The molecule has 82 valence electrons. The molecule has 4 heteroatoms. The summed E-state index contributed by atoms with van der Waals surface area (Å²) >= 11 is 1.45. The van der Waals surface area contributed by atoms with E-state index >= 15 is 0 Å². The SMILES string of the molecule is COC(=O)CSc1cccc2cccnc12. The first kappa shape index (κ1) is 11.0. The number of thioether (sulfide) groups is 1. The Balaban J connectivity index is 2.27. The van der Waals surface area contributed by atoms with Crippen LogP contribution in [0.2, 0.25) is 0 Å². The molecule has 0 fully saturated rings. The van der Waals surface area contributed by atoms with Crippen LogP contribution in [0.1, 0.15) is 0 Å². The fourth-order valence-corrected chi connectivity index (χ4v) is 2.26. The number of hydrogen-bond donors (Lipinski definition) is 0. The molecule has 0 saturated heterocycles. The highest BCUT2D eigenvalue weighted by Gasteiger charge is 2.05. The number of benzene rings is 1. The first-order valence-electron chi connectivity index (χ1n) is 4.84. The van der Waals surface area contributed by atoms with E-state index in [-0.39, 0.29) is 5.97 Å². The lowest BCUT2D eigenvalue weighted by Gasteiger charge is -2.04. The van der Waals surface area contributed by atoms with Gasteiger partial charge in [0.25, 0.3) is 0 Å². The van der Waals surface area contributed by atoms with Crippen molar-refractivity contribution in [2.45, 2.75) is 4.90 Å². The van der Waals surface area contributed by atoms with E-state index in [1.165, 1.54) is 18.9 Å². The molecule has 0 spiro atoms. The number of para-hydroxylation sites is 1. The molecule has 0 radical (unpaired) electrons. The summed E-state index contributed by atoms with van der Waals surface area (Å²) in [5.41, 5.74) is 0.930. The Bertz CT molecular complexity index is 508. The van der Waals surface area contributed by atoms with Gasteiger partial charge in [0, 0.05) is 16.5 Å². The van der Waals surface area contributed by atoms with Crippen molar-refractivity contribution in [3.8, 4) is 0 Å². The number of aromatic nitrogens is 1. The lowest BCUT2D eigenvalue weighted by Crippen LogP contribution is -2.02. The zero-order valence-corrected chi connectivity index (χ0v) is 9.66. The Kier molecular flexibility index (Phi) is 3.41. The number of ether oxygens (including phenoxy) is 1. The Morgan fingerprint density at radius 2 is 2.19 bits per heavy atom. The van der Waals surface area contributed by atoms with Crippen LogP contribution < -0.4 is 0 Å². The number of hydrogen-bond acceptors (Lipinski definition) is 4. The Morgan fingerprint density at radius 3 is 3.00 bits per heavy atom. The number of rotatable bonds is 3. The number of carbonyl (C=O) groups is 1. The normalized spacial score (nSPS) is 10.3. The Morgan fingerprint density at radius 1 is 1.38 bits per heavy atom. The van der Waals surface area contributed by atoms with E-state index in [9.17, 15) is 4.79 Å². The van der Waals surface area contributed by atoms with E-state index in [1.54, 1.807) is 6.20 Å². The van der Waals surface area contributed by atoms with Crippen LogP contribution in [0.3, 0.4) is 0 Å². The Labute approximate surface area is 97.8 Å². The summed E-state index contributed by atoms with van der Waals surface area (Å²) in [6.07, 6.45) is 1.75. The highest BCUT2D eigenvalue weighted by molar-refractivity contribution is 8.00. The third kappa shape index (κ3) is 2.33. The summed E-state index contributed by atoms with van der Waals surface area (Å²) in [6, 6.07) is 9.83. The highest BCUT2D eigenvalue weighted by Crippen LogP contribution is 2.25. The van der Waals surface area contributed by atoms with Gasteiger partial charge in [-0.25, -0.2) is 0 Å². The minimum atomic E-state index is -0.224. The second-order valence-electron chi connectivity index (χ2n) is 3.20. The average Bonchev–Trinajstić information content (AvgIpc) is 2.35. The van der Waals surface area contributed by atoms with Gasteiger partial charge in [-0.1, -0.05) is 18.2 Å². The van der Waals surface area contributed by atoms with E-state index in [0.717, 1.165) is 15.8 Å². The predicted molar refractivity (Wildman–Crippen MR) is 64.5 cm³/mol. The van der Waals surface area contributed by atoms with Gasteiger partial charge >= 0.3 is 5.97 Å². The summed E-state index contributed by atoms with van der Waals surface area (Å²) in [4.78, 5) is 16.4. The third-order valence-electron chi connectivity index (χ3n) is 2.17. The number of esters is 1. The summed E-state index contributed by atoms with van der Waals surface area (Å²) < 4.78 is 4.60. The summed E-state index contributed by atoms with van der Waals surface area (Å²) in [5.74, 6) is 0.0876. The average molecular weight is 233 g/mol. The van der Waals surface area contributed by atoms with E-state index in [2.05, 4.69) is 9.72 Å². The van der Waals surface area contributed by atoms with Crippen molar-refractivity contribution in [2.75, 3.05) is 12.9 Å². The lowest BCUT2D eigenvalue weighted by molar-refractivity contribution is -0.137. The zero-order valence-electron chi connectivity index (χ0n) is 8.84. The van der Waals surface area contributed by atoms with E-state index < -0.39 is 0 Å². The molecular formula is C12H11NO2S. The molecule has 0 aliphatic carbocycles. The van der Waals surface area contributed by atoms with E-state index in [0.29, 0.717) is 5.75 Å². The van der Waals surface area contributed by atoms with Crippen LogP contribution in [0.5, 0.6) is 0 Å². The Hall–Kier alpha value is -1.55. The van der Waals surface area contributed by atoms with Crippen LogP contribution in [0.4, 0.5) is 0 Å². The van der Waals surface area contributed by atoms with Gasteiger partial charge in [-0.2, -0.15) is 0 Å². The molecule has 16 heavy (non-hydrogen) atoms. The fraction of sp³-hybridized carbons (Fsp3) is 0.167. The molecule has 0 bridgehead atoms. The maximum absolute atomic E-state index is 11.1. The van der Waals surface area contributed by atoms with Crippen LogP contribution in [0.15, 0.2) is 41.4 Å². The molecule has 0 aliphatic rings. The zero-order chi connectivity index (χ0) is 11.4. The molecule has 0 unspecified atom stereocenters. The second kappa shape index (κ2) is 4.99. The summed E-state index contributed by atoms with van der Waals surface area (Å²) in [5, 5.41) is 1.08.